The molecule has 0 aliphatic rings. The molecule has 4 aromatic heterocycles. The molecule has 4 heterocycles. The third kappa shape index (κ3) is 6.17. The van der Waals surface area contributed by atoms with Crippen molar-refractivity contribution in [3.63, 3.8) is 0 Å². The third-order valence-corrected chi connectivity index (χ3v) is 11.2. The lowest BCUT2D eigenvalue weighted by Gasteiger charge is -2.09. The number of benzene rings is 8. The van der Waals surface area contributed by atoms with Gasteiger partial charge >= 0.3 is 0 Å². The summed E-state index contributed by atoms with van der Waals surface area (Å²) in [6.45, 7) is 0. The first-order valence-corrected chi connectivity index (χ1v) is 20.4. The molecule has 0 aliphatic carbocycles. The van der Waals surface area contributed by atoms with Gasteiger partial charge < -0.3 is 8.83 Å². The Kier molecular flexibility index (Phi) is 8.31. The average Bonchev–Trinajstić information content (AvgIpc) is 3.93. The van der Waals surface area contributed by atoms with E-state index in [1.54, 1.807) is 0 Å². The molecular weight excluding hydrogens is 765 g/mol. The summed E-state index contributed by atoms with van der Waals surface area (Å²) in [5, 5.41) is 3.88. The molecule has 0 N–H and O–H groups in total. The molecule has 0 saturated heterocycles. The second-order valence-corrected chi connectivity index (χ2v) is 15.1. The van der Waals surface area contributed by atoms with E-state index >= 15 is 0 Å². The number of rotatable bonds is 7. The molecule has 0 aliphatic heterocycles. The number of hydrogen-bond donors (Lipinski definition) is 0. The number of hydrogen-bond acceptors (Lipinski definition) is 8. The Labute approximate surface area is 354 Å². The first-order valence-electron chi connectivity index (χ1n) is 20.4. The van der Waals surface area contributed by atoms with Crippen LogP contribution >= 0.6 is 0 Å². The number of aromatic nitrogens is 6. The van der Waals surface area contributed by atoms with Crippen molar-refractivity contribution >= 4 is 43.9 Å². The van der Waals surface area contributed by atoms with Gasteiger partial charge in [0.15, 0.2) is 34.9 Å². The van der Waals surface area contributed by atoms with E-state index in [0.29, 0.717) is 40.5 Å². The van der Waals surface area contributed by atoms with E-state index in [0.717, 1.165) is 82.8 Å². The third-order valence-electron chi connectivity index (χ3n) is 11.2. The van der Waals surface area contributed by atoms with Crippen molar-refractivity contribution in [2.45, 2.75) is 0 Å². The molecule has 8 heteroatoms. The van der Waals surface area contributed by atoms with Gasteiger partial charge in [-0.15, -0.1) is 0 Å². The summed E-state index contributed by atoms with van der Waals surface area (Å²) >= 11 is 0. The summed E-state index contributed by atoms with van der Waals surface area (Å²) in [5.41, 5.74) is 10.3. The van der Waals surface area contributed by atoms with Crippen molar-refractivity contribution in [3.05, 3.63) is 194 Å². The monoisotopic (exact) mass is 796 g/mol. The highest BCUT2D eigenvalue weighted by atomic mass is 16.3. The first kappa shape index (κ1) is 35.3. The van der Waals surface area contributed by atoms with Crippen molar-refractivity contribution in [1.29, 1.82) is 0 Å². The smallest absolute Gasteiger partial charge is 0.167 e. The topological polar surface area (TPSA) is 104 Å². The van der Waals surface area contributed by atoms with Crippen LogP contribution in [0.5, 0.6) is 0 Å². The zero-order valence-corrected chi connectivity index (χ0v) is 33.0. The maximum atomic E-state index is 6.76. The lowest BCUT2D eigenvalue weighted by molar-refractivity contribution is 0.669. The van der Waals surface area contributed by atoms with Crippen LogP contribution in [0.25, 0.3) is 123 Å². The molecule has 0 saturated carbocycles. The minimum absolute atomic E-state index is 0.542. The molecule has 0 radical (unpaired) electrons. The van der Waals surface area contributed by atoms with Crippen LogP contribution in [0.1, 0.15) is 0 Å². The number of nitrogens with zero attached hydrogens (tertiary/aromatic N) is 6. The van der Waals surface area contributed by atoms with Crippen LogP contribution in [0, 0.1) is 0 Å². The van der Waals surface area contributed by atoms with E-state index in [2.05, 4.69) is 42.5 Å². The van der Waals surface area contributed by atoms with Gasteiger partial charge in [-0.1, -0.05) is 158 Å². The summed E-state index contributed by atoms with van der Waals surface area (Å²) in [5.74, 6) is 3.51. The molecule has 0 amide bonds. The second kappa shape index (κ2) is 14.6. The van der Waals surface area contributed by atoms with Gasteiger partial charge in [0.05, 0.1) is 5.56 Å². The van der Waals surface area contributed by atoms with Crippen LogP contribution in [-0.4, -0.2) is 29.9 Å². The molecule has 0 unspecified atom stereocenters. The summed E-state index contributed by atoms with van der Waals surface area (Å²) in [7, 11) is 0. The SMILES string of the molecule is c1ccc(-c2nc(-c3ccccc3)nc(-c3cccc4c3oc3cc(-c5ccc6oc7cccc(-c8nc(-c9ccccc9)nc(-c9ccccc9)n8)c7c6c5)ccc34)n2)cc1. The molecule has 290 valence electrons. The zero-order valence-electron chi connectivity index (χ0n) is 33.0. The molecule has 8 nitrogen and oxygen atoms in total. The highest BCUT2D eigenvalue weighted by molar-refractivity contribution is 6.13. The maximum Gasteiger partial charge on any atom is 0.167 e. The van der Waals surface area contributed by atoms with Crippen LogP contribution in [0.15, 0.2) is 203 Å². The Morgan fingerprint density at radius 2 is 0.726 bits per heavy atom. The van der Waals surface area contributed by atoms with E-state index in [-0.39, 0.29) is 0 Å². The van der Waals surface area contributed by atoms with Crippen molar-refractivity contribution in [2.24, 2.45) is 0 Å². The fraction of sp³-hybridized carbons (Fsp3) is 0. The molecule has 12 rings (SSSR count). The van der Waals surface area contributed by atoms with E-state index in [1.165, 1.54) is 0 Å². The van der Waals surface area contributed by atoms with Gasteiger partial charge in [-0.3, -0.25) is 0 Å². The summed E-state index contributed by atoms with van der Waals surface area (Å²) in [6, 6.07) is 64.8. The standard InChI is InChI=1S/C54H32N6O2/c1-5-15-33(16-6-1)49-55-50(34-17-7-2-8-18-34)58-53(57-49)41-24-14-26-45-47(41)43-31-37(28-30-44(43)61-45)38-27-29-39-40-23-13-25-42(48(40)62-46(39)32-38)54-59-51(35-19-9-3-10-20-35)56-52(60-54)36-21-11-4-12-22-36/h1-32H. The average molecular weight is 797 g/mol. The molecule has 0 spiro atoms. The van der Waals surface area contributed by atoms with Crippen molar-refractivity contribution in [3.8, 4) is 79.5 Å². The first-order chi connectivity index (χ1) is 30.7. The van der Waals surface area contributed by atoms with E-state index < -0.39 is 0 Å². The Balaban J connectivity index is 0.982. The van der Waals surface area contributed by atoms with Crippen LogP contribution in [0.4, 0.5) is 0 Å². The predicted octanol–water partition coefficient (Wildman–Crippen LogP) is 13.5. The minimum atomic E-state index is 0.542. The fourth-order valence-electron chi connectivity index (χ4n) is 8.20. The van der Waals surface area contributed by atoms with E-state index in [1.807, 2.05) is 152 Å². The highest BCUT2D eigenvalue weighted by Crippen LogP contribution is 2.41. The Hall–Kier alpha value is -8.62. The molecule has 62 heavy (non-hydrogen) atoms. The number of fused-ring (bicyclic) bond motifs is 6. The summed E-state index contributed by atoms with van der Waals surface area (Å²) < 4.78 is 13.2. The largest absolute Gasteiger partial charge is 0.456 e. The minimum Gasteiger partial charge on any atom is -0.456 e. The molecule has 0 fully saturated rings. The van der Waals surface area contributed by atoms with Crippen LogP contribution < -0.4 is 0 Å². The Bertz CT molecular complexity index is 3510. The summed E-state index contributed by atoms with van der Waals surface area (Å²) in [4.78, 5) is 29.9. The molecule has 0 bridgehead atoms. The van der Waals surface area contributed by atoms with Gasteiger partial charge in [0.25, 0.3) is 0 Å². The predicted molar refractivity (Wildman–Crippen MR) is 246 cm³/mol. The van der Waals surface area contributed by atoms with Crippen molar-refractivity contribution in [2.75, 3.05) is 0 Å². The van der Waals surface area contributed by atoms with Gasteiger partial charge in [-0.25, -0.2) is 29.9 Å². The van der Waals surface area contributed by atoms with E-state index in [4.69, 9.17) is 38.7 Å². The summed E-state index contributed by atoms with van der Waals surface area (Å²) in [6.07, 6.45) is 0. The van der Waals surface area contributed by atoms with Crippen LogP contribution in [-0.2, 0) is 0 Å². The lowest BCUT2D eigenvalue weighted by Crippen LogP contribution is -2.00. The van der Waals surface area contributed by atoms with Gasteiger partial charge in [0.1, 0.15) is 22.3 Å². The fourth-order valence-corrected chi connectivity index (χ4v) is 8.20. The van der Waals surface area contributed by atoms with Gasteiger partial charge in [-0.2, -0.15) is 0 Å². The second-order valence-electron chi connectivity index (χ2n) is 15.1. The quantitative estimate of drug-likeness (QED) is 0.157. The van der Waals surface area contributed by atoms with Gasteiger partial charge in [0, 0.05) is 49.4 Å². The Morgan fingerprint density at radius 1 is 0.258 bits per heavy atom. The van der Waals surface area contributed by atoms with Gasteiger partial charge in [0.2, 0.25) is 0 Å². The van der Waals surface area contributed by atoms with Gasteiger partial charge in [-0.05, 0) is 47.5 Å². The van der Waals surface area contributed by atoms with Crippen molar-refractivity contribution < 1.29 is 8.83 Å². The molecule has 8 aromatic carbocycles. The Morgan fingerprint density at radius 3 is 1.29 bits per heavy atom. The van der Waals surface area contributed by atoms with Crippen LogP contribution in [0.2, 0.25) is 0 Å². The van der Waals surface area contributed by atoms with Crippen LogP contribution in [0.3, 0.4) is 0 Å². The number of para-hydroxylation sites is 1. The highest BCUT2D eigenvalue weighted by Gasteiger charge is 2.21. The lowest BCUT2D eigenvalue weighted by atomic mass is 9.99. The van der Waals surface area contributed by atoms with Crippen molar-refractivity contribution in [1.82, 2.24) is 29.9 Å². The normalized spacial score (nSPS) is 11.5. The molecular formula is C54H32N6O2. The molecule has 0 atom stereocenters. The zero-order chi connectivity index (χ0) is 41.0. The number of furan rings is 2. The van der Waals surface area contributed by atoms with E-state index in [9.17, 15) is 0 Å². The molecule has 12 aromatic rings. The maximum absolute atomic E-state index is 6.76.